The second-order valence-electron chi connectivity index (χ2n) is 9.97. The zero-order valence-electron chi connectivity index (χ0n) is 22.9. The standard InChI is InChI=1S/C31H40N2O5S/c1-5-17-33(3)18-16-32-26(34)9-7-6-8-22-11-13-23(14-12-22)19-25-20-24(15-10-21(25)2)30-28(36)27(35)29(37)31(38-30)39-4/h1,6,8,10-15,20,27-31,35-37H,7,9,16-19H2,2-4H3,(H,32,34)/b8-6+/t27-,28-,29+,30+,31-/m1/s1. The van der Waals surface area contributed by atoms with E-state index in [9.17, 15) is 20.1 Å². The first-order chi connectivity index (χ1) is 18.7. The molecule has 0 bridgehead atoms. The third-order valence-corrected chi connectivity index (χ3v) is 7.76. The third kappa shape index (κ3) is 8.94. The Labute approximate surface area is 236 Å². The van der Waals surface area contributed by atoms with Gasteiger partial charge in [-0.1, -0.05) is 60.5 Å². The Morgan fingerprint density at radius 3 is 2.59 bits per heavy atom. The van der Waals surface area contributed by atoms with Crippen LogP contribution in [0.1, 0.15) is 46.8 Å². The number of hydrogen-bond donors (Lipinski definition) is 4. The fourth-order valence-corrected chi connectivity index (χ4v) is 5.16. The summed E-state index contributed by atoms with van der Waals surface area (Å²) in [6, 6.07) is 14.2. The number of hydrogen-bond acceptors (Lipinski definition) is 7. The number of carbonyl (C=O) groups is 1. The summed E-state index contributed by atoms with van der Waals surface area (Å²) in [5.74, 6) is 2.61. The first-order valence-electron chi connectivity index (χ1n) is 13.2. The van der Waals surface area contributed by atoms with Crippen LogP contribution in [0, 0.1) is 19.3 Å². The van der Waals surface area contributed by atoms with Gasteiger partial charge in [-0.05, 0) is 60.9 Å². The molecule has 1 amide bonds. The largest absolute Gasteiger partial charge is 0.387 e. The van der Waals surface area contributed by atoms with E-state index in [-0.39, 0.29) is 5.91 Å². The number of aliphatic hydroxyl groups is 3. The number of allylic oxidation sites excluding steroid dienone is 1. The van der Waals surface area contributed by atoms with Gasteiger partial charge < -0.3 is 25.4 Å². The normalized spacial score (nSPS) is 23.2. The highest BCUT2D eigenvalue weighted by molar-refractivity contribution is 7.99. The van der Waals surface area contributed by atoms with Gasteiger partial charge in [-0.25, -0.2) is 0 Å². The summed E-state index contributed by atoms with van der Waals surface area (Å²) >= 11 is 1.31. The number of aryl methyl sites for hydroxylation is 1. The van der Waals surface area contributed by atoms with E-state index >= 15 is 0 Å². The van der Waals surface area contributed by atoms with Crippen molar-refractivity contribution < 1.29 is 24.9 Å². The van der Waals surface area contributed by atoms with Crippen molar-refractivity contribution in [2.75, 3.05) is 32.9 Å². The maximum Gasteiger partial charge on any atom is 0.220 e. The molecular formula is C31H40N2O5S. The molecule has 39 heavy (non-hydrogen) atoms. The van der Waals surface area contributed by atoms with Crippen molar-refractivity contribution in [1.82, 2.24) is 10.2 Å². The minimum atomic E-state index is -1.27. The minimum absolute atomic E-state index is 0.0301. The Bertz CT molecular complexity index is 1140. The third-order valence-electron chi connectivity index (χ3n) is 6.90. The lowest BCUT2D eigenvalue weighted by molar-refractivity contribution is -0.200. The van der Waals surface area contributed by atoms with Gasteiger partial charge in [0.05, 0.1) is 6.54 Å². The monoisotopic (exact) mass is 552 g/mol. The van der Waals surface area contributed by atoms with Crippen molar-refractivity contribution in [1.29, 1.82) is 0 Å². The first-order valence-corrected chi connectivity index (χ1v) is 14.5. The molecular weight excluding hydrogens is 512 g/mol. The molecule has 0 radical (unpaired) electrons. The highest BCUT2D eigenvalue weighted by Gasteiger charge is 2.44. The smallest absolute Gasteiger partial charge is 0.220 e. The van der Waals surface area contributed by atoms with Crippen molar-refractivity contribution in [2.45, 2.75) is 56.0 Å². The molecule has 2 aromatic rings. The van der Waals surface area contributed by atoms with Crippen LogP contribution in [0.25, 0.3) is 6.08 Å². The molecule has 3 rings (SSSR count). The van der Waals surface area contributed by atoms with Crippen LogP contribution in [0.5, 0.6) is 0 Å². The van der Waals surface area contributed by atoms with Crippen LogP contribution in [-0.4, -0.2) is 82.8 Å². The Morgan fingerprint density at radius 2 is 1.90 bits per heavy atom. The molecule has 1 aliphatic rings. The number of aliphatic hydroxyl groups excluding tert-OH is 3. The number of benzene rings is 2. The molecule has 8 heteroatoms. The van der Waals surface area contributed by atoms with Gasteiger partial charge in [0.15, 0.2) is 0 Å². The Morgan fingerprint density at radius 1 is 1.15 bits per heavy atom. The van der Waals surface area contributed by atoms with Crippen LogP contribution in [-0.2, 0) is 16.0 Å². The van der Waals surface area contributed by atoms with Gasteiger partial charge in [-0.15, -0.1) is 18.2 Å². The summed E-state index contributed by atoms with van der Waals surface area (Å²) in [6.45, 7) is 3.92. The molecule has 7 nitrogen and oxygen atoms in total. The lowest BCUT2D eigenvalue weighted by atomic mass is 9.91. The lowest BCUT2D eigenvalue weighted by Crippen LogP contribution is -2.52. The summed E-state index contributed by atoms with van der Waals surface area (Å²) in [5, 5.41) is 34.0. The number of ether oxygens (including phenoxy) is 1. The highest BCUT2D eigenvalue weighted by Crippen LogP contribution is 2.36. The maximum atomic E-state index is 12.0. The van der Waals surface area contributed by atoms with E-state index in [0.717, 1.165) is 34.4 Å². The molecule has 4 N–H and O–H groups in total. The molecule has 1 saturated heterocycles. The zero-order chi connectivity index (χ0) is 28.4. The van der Waals surface area contributed by atoms with E-state index in [4.69, 9.17) is 11.2 Å². The quantitative estimate of drug-likeness (QED) is 0.301. The minimum Gasteiger partial charge on any atom is -0.387 e. The van der Waals surface area contributed by atoms with E-state index in [1.54, 1.807) is 6.26 Å². The molecule has 5 atom stereocenters. The maximum absolute atomic E-state index is 12.0. The predicted octanol–water partition coefficient (Wildman–Crippen LogP) is 2.90. The number of nitrogens with zero attached hydrogens (tertiary/aromatic N) is 1. The Hall–Kier alpha value is -2.64. The summed E-state index contributed by atoms with van der Waals surface area (Å²) in [6.07, 6.45) is 8.58. The molecule has 2 aromatic carbocycles. The van der Waals surface area contributed by atoms with Crippen LogP contribution in [0.3, 0.4) is 0 Å². The number of likely N-dealkylation sites (N-methyl/N-ethyl adjacent to an activating group) is 1. The lowest BCUT2D eigenvalue weighted by Gasteiger charge is -2.40. The van der Waals surface area contributed by atoms with Gasteiger partial charge in [0.1, 0.15) is 29.9 Å². The molecule has 0 aliphatic carbocycles. The number of terminal acetylenes is 1. The summed E-state index contributed by atoms with van der Waals surface area (Å²) in [4.78, 5) is 14.0. The van der Waals surface area contributed by atoms with E-state index in [0.29, 0.717) is 32.4 Å². The molecule has 0 spiro atoms. The van der Waals surface area contributed by atoms with Crippen molar-refractivity contribution in [3.8, 4) is 12.3 Å². The Kier molecular flexibility index (Phi) is 12.1. The van der Waals surface area contributed by atoms with Gasteiger partial charge in [0, 0.05) is 19.5 Å². The van der Waals surface area contributed by atoms with Crippen molar-refractivity contribution >= 4 is 23.7 Å². The number of nitrogens with one attached hydrogen (secondary N) is 1. The first kappa shape index (κ1) is 30.9. The average Bonchev–Trinajstić information content (AvgIpc) is 2.92. The Balaban J connectivity index is 1.53. The van der Waals surface area contributed by atoms with Crippen LogP contribution in [0.15, 0.2) is 48.5 Å². The van der Waals surface area contributed by atoms with Crippen molar-refractivity contribution in [2.24, 2.45) is 0 Å². The fraction of sp³-hybridized carbons (Fsp3) is 0.452. The van der Waals surface area contributed by atoms with Crippen molar-refractivity contribution in [3.63, 3.8) is 0 Å². The highest BCUT2D eigenvalue weighted by atomic mass is 32.2. The topological polar surface area (TPSA) is 102 Å². The van der Waals surface area contributed by atoms with E-state index < -0.39 is 29.9 Å². The molecule has 0 aromatic heterocycles. The summed E-state index contributed by atoms with van der Waals surface area (Å²) < 4.78 is 5.94. The van der Waals surface area contributed by atoms with Gasteiger partial charge in [0.25, 0.3) is 0 Å². The van der Waals surface area contributed by atoms with Crippen LogP contribution < -0.4 is 5.32 Å². The van der Waals surface area contributed by atoms with Crippen LogP contribution in [0.4, 0.5) is 0 Å². The van der Waals surface area contributed by atoms with Gasteiger partial charge in [-0.3, -0.25) is 9.69 Å². The van der Waals surface area contributed by atoms with Gasteiger partial charge in [-0.2, -0.15) is 0 Å². The number of amides is 1. The number of rotatable bonds is 12. The summed E-state index contributed by atoms with van der Waals surface area (Å²) in [7, 11) is 1.93. The average molecular weight is 553 g/mol. The molecule has 0 saturated carbocycles. The molecule has 210 valence electrons. The van der Waals surface area contributed by atoms with Gasteiger partial charge in [0.2, 0.25) is 5.91 Å². The molecule has 1 fully saturated rings. The van der Waals surface area contributed by atoms with E-state index in [1.165, 1.54) is 11.8 Å². The second kappa shape index (κ2) is 15.2. The molecule has 0 unspecified atom stereocenters. The fourth-order valence-electron chi connectivity index (χ4n) is 4.49. The zero-order valence-corrected chi connectivity index (χ0v) is 23.7. The van der Waals surface area contributed by atoms with E-state index in [1.807, 2.05) is 49.2 Å². The van der Waals surface area contributed by atoms with Crippen molar-refractivity contribution in [3.05, 3.63) is 76.4 Å². The number of thioether (sulfide) groups is 1. The summed E-state index contributed by atoms with van der Waals surface area (Å²) in [5.41, 5.74) is 4.59. The van der Waals surface area contributed by atoms with Crippen LogP contribution in [0.2, 0.25) is 0 Å². The van der Waals surface area contributed by atoms with E-state index in [2.05, 4.69) is 35.5 Å². The van der Waals surface area contributed by atoms with Gasteiger partial charge >= 0.3 is 0 Å². The second-order valence-corrected chi connectivity index (χ2v) is 10.9. The van der Waals surface area contributed by atoms with Crippen LogP contribution >= 0.6 is 11.8 Å². The SMILES string of the molecule is C#CCN(C)CCNC(=O)CC/C=C/c1ccc(Cc2cc([C@@H]3O[C@H](SC)[C@@H](O)[C@H](O)[C@H]3O)ccc2C)cc1. The molecule has 1 heterocycles. The predicted molar refractivity (Wildman–Crippen MR) is 157 cm³/mol. The molecule has 1 aliphatic heterocycles. The number of carbonyl (C=O) groups excluding carboxylic acids is 1.